The van der Waals surface area contributed by atoms with Gasteiger partial charge in [0.2, 0.25) is 0 Å². The van der Waals surface area contributed by atoms with Crippen LogP contribution in [0.3, 0.4) is 0 Å². The first kappa shape index (κ1) is 21.2. The number of hydrogen-bond donors (Lipinski definition) is 1. The predicted molar refractivity (Wildman–Crippen MR) is 136 cm³/mol. The highest BCUT2D eigenvalue weighted by atomic mass is 16.2. The minimum Gasteiger partial charge on any atom is -0.346 e. The molecule has 0 spiro atoms. The Morgan fingerprint density at radius 3 is 2.75 bits per heavy atom. The van der Waals surface area contributed by atoms with Crippen LogP contribution in [0.4, 0.5) is 0 Å². The lowest BCUT2D eigenvalue weighted by molar-refractivity contribution is 0.0515. The third kappa shape index (κ3) is 3.63. The topological polar surface area (TPSA) is 95.8 Å². The van der Waals surface area contributed by atoms with Crippen molar-refractivity contribution in [3.63, 3.8) is 0 Å². The zero-order valence-electron chi connectivity index (χ0n) is 19.7. The van der Waals surface area contributed by atoms with Crippen molar-refractivity contribution >= 4 is 27.8 Å². The molecule has 0 atom stereocenters. The molecule has 0 bridgehead atoms. The SMILES string of the molecule is O=C(c1cnc2ccccc2c1)N1CCC(N2C[C](n3cc(-c4ncnc5[nH]ccc45)cn3)C2)CC1. The van der Waals surface area contributed by atoms with Gasteiger partial charge in [-0.05, 0) is 31.0 Å². The molecule has 0 saturated carbocycles. The lowest BCUT2D eigenvalue weighted by atomic mass is 9.97. The van der Waals surface area contributed by atoms with Crippen LogP contribution in [0, 0.1) is 6.04 Å². The number of amides is 1. The molecule has 5 aromatic rings. The number of nitrogens with zero attached hydrogens (tertiary/aromatic N) is 7. The van der Waals surface area contributed by atoms with Crippen LogP contribution in [0.2, 0.25) is 0 Å². The molecule has 9 heteroatoms. The Kier molecular flexibility index (Phi) is 5.02. The summed E-state index contributed by atoms with van der Waals surface area (Å²) in [5.74, 6) is 0.0767. The van der Waals surface area contributed by atoms with Gasteiger partial charge < -0.3 is 9.88 Å². The number of aromatic nitrogens is 6. The van der Waals surface area contributed by atoms with E-state index in [4.69, 9.17) is 0 Å². The number of carbonyl (C=O) groups is 1. The second kappa shape index (κ2) is 8.53. The van der Waals surface area contributed by atoms with Crippen molar-refractivity contribution in [3.05, 3.63) is 79.1 Å². The number of piperidine rings is 1. The van der Waals surface area contributed by atoms with Crippen LogP contribution in [0.1, 0.15) is 23.2 Å². The number of H-pyrrole nitrogens is 1. The number of rotatable bonds is 4. The van der Waals surface area contributed by atoms with E-state index in [2.05, 4.69) is 36.1 Å². The first-order chi connectivity index (χ1) is 17.7. The number of likely N-dealkylation sites (tertiary alicyclic amines) is 2. The molecule has 7 rings (SSSR count). The Labute approximate surface area is 207 Å². The monoisotopic (exact) mass is 477 g/mol. The molecule has 4 aromatic heterocycles. The molecule has 9 nitrogen and oxygen atoms in total. The first-order valence-corrected chi connectivity index (χ1v) is 12.3. The van der Waals surface area contributed by atoms with Crippen LogP contribution in [-0.2, 0) is 0 Å². The van der Waals surface area contributed by atoms with E-state index in [-0.39, 0.29) is 5.91 Å². The summed E-state index contributed by atoms with van der Waals surface area (Å²) in [6, 6.07) is 13.6. The van der Waals surface area contributed by atoms with Crippen molar-refractivity contribution in [3.8, 4) is 11.3 Å². The number of pyridine rings is 1. The van der Waals surface area contributed by atoms with E-state index < -0.39 is 0 Å². The number of aromatic amines is 1. The largest absolute Gasteiger partial charge is 0.346 e. The highest BCUT2D eigenvalue weighted by Crippen LogP contribution is 2.30. The quantitative estimate of drug-likeness (QED) is 0.426. The fourth-order valence-electron chi connectivity index (χ4n) is 5.35. The molecule has 0 aliphatic carbocycles. The summed E-state index contributed by atoms with van der Waals surface area (Å²) >= 11 is 0. The van der Waals surface area contributed by atoms with Crippen molar-refractivity contribution in [2.24, 2.45) is 0 Å². The van der Waals surface area contributed by atoms with Crippen molar-refractivity contribution < 1.29 is 4.79 Å². The summed E-state index contributed by atoms with van der Waals surface area (Å²) in [5.41, 5.74) is 4.29. The van der Waals surface area contributed by atoms with E-state index in [0.717, 1.165) is 72.2 Å². The van der Waals surface area contributed by atoms with E-state index in [1.807, 2.05) is 58.4 Å². The molecule has 0 unspecified atom stereocenters. The molecule has 2 fully saturated rings. The number of para-hydroxylation sites is 1. The maximum Gasteiger partial charge on any atom is 0.255 e. The van der Waals surface area contributed by atoms with Gasteiger partial charge in [-0.1, -0.05) is 18.2 Å². The van der Waals surface area contributed by atoms with Gasteiger partial charge in [0, 0.05) is 67.1 Å². The summed E-state index contributed by atoms with van der Waals surface area (Å²) in [6.07, 6.45) is 11.1. The molecule has 2 aliphatic heterocycles. The number of benzene rings is 1. The van der Waals surface area contributed by atoms with Gasteiger partial charge in [0.25, 0.3) is 5.91 Å². The van der Waals surface area contributed by atoms with Gasteiger partial charge in [-0.25, -0.2) is 9.97 Å². The molecule has 6 heterocycles. The van der Waals surface area contributed by atoms with Gasteiger partial charge in [-0.3, -0.25) is 19.4 Å². The van der Waals surface area contributed by atoms with Gasteiger partial charge in [0.1, 0.15) is 18.0 Å². The number of fused-ring (bicyclic) bond motifs is 2. The minimum absolute atomic E-state index is 0.0767. The van der Waals surface area contributed by atoms with Gasteiger partial charge in [-0.2, -0.15) is 5.10 Å². The Balaban J connectivity index is 0.958. The second-order valence-corrected chi connectivity index (χ2v) is 9.55. The smallest absolute Gasteiger partial charge is 0.255 e. The minimum atomic E-state index is 0.0767. The Morgan fingerprint density at radius 1 is 1.00 bits per heavy atom. The van der Waals surface area contributed by atoms with Crippen LogP contribution in [0.5, 0.6) is 0 Å². The average molecular weight is 478 g/mol. The number of hydrogen-bond acceptors (Lipinski definition) is 6. The molecular formula is C27H25N8O. The molecule has 1 radical (unpaired) electrons. The average Bonchev–Trinajstić information content (AvgIpc) is 3.58. The van der Waals surface area contributed by atoms with E-state index in [1.165, 1.54) is 6.04 Å². The van der Waals surface area contributed by atoms with Crippen LogP contribution in [0.15, 0.2) is 67.5 Å². The van der Waals surface area contributed by atoms with Crippen LogP contribution >= 0.6 is 0 Å². The van der Waals surface area contributed by atoms with Gasteiger partial charge in [-0.15, -0.1) is 0 Å². The maximum atomic E-state index is 13.1. The molecule has 1 amide bonds. The standard InChI is InChI=1S/C27H25N8O/c36-27(19-11-18-3-1-2-4-24(18)29-12-19)33-9-6-21(7-10-33)34-15-22(16-34)35-14-20(13-32-35)25-23-5-8-28-26(23)31-17-30-25/h1-5,8,11-14,17,21H,6-7,9-10,15-16H2,(H,28,30,31). The highest BCUT2D eigenvalue weighted by Gasteiger charge is 2.37. The fraction of sp³-hybridized carbons (Fsp3) is 0.259. The lowest BCUT2D eigenvalue weighted by Gasteiger charge is -2.46. The van der Waals surface area contributed by atoms with E-state index in [9.17, 15) is 4.79 Å². The Morgan fingerprint density at radius 2 is 1.86 bits per heavy atom. The van der Waals surface area contributed by atoms with Crippen molar-refractivity contribution in [2.75, 3.05) is 26.2 Å². The molecule has 179 valence electrons. The molecule has 2 aliphatic rings. The van der Waals surface area contributed by atoms with E-state index in [1.54, 1.807) is 12.5 Å². The highest BCUT2D eigenvalue weighted by molar-refractivity contribution is 5.97. The van der Waals surface area contributed by atoms with Gasteiger partial charge in [0.15, 0.2) is 0 Å². The molecule has 1 aromatic carbocycles. The molecule has 1 N–H and O–H groups in total. The Hall–Kier alpha value is -4.11. The van der Waals surface area contributed by atoms with E-state index in [0.29, 0.717) is 11.6 Å². The molecule has 36 heavy (non-hydrogen) atoms. The normalized spacial score (nSPS) is 17.6. The fourth-order valence-corrected chi connectivity index (χ4v) is 5.35. The number of nitrogens with one attached hydrogen (secondary N) is 1. The van der Waals surface area contributed by atoms with Crippen molar-refractivity contribution in [2.45, 2.75) is 18.9 Å². The third-order valence-corrected chi connectivity index (χ3v) is 7.41. The van der Waals surface area contributed by atoms with Crippen LogP contribution in [0.25, 0.3) is 33.2 Å². The van der Waals surface area contributed by atoms with Crippen LogP contribution < -0.4 is 0 Å². The van der Waals surface area contributed by atoms with Gasteiger partial charge in [0.05, 0.1) is 23.0 Å². The lowest BCUT2D eigenvalue weighted by Crippen LogP contribution is -2.56. The maximum absolute atomic E-state index is 13.1. The van der Waals surface area contributed by atoms with E-state index >= 15 is 0 Å². The summed E-state index contributed by atoms with van der Waals surface area (Å²) in [5, 5.41) is 6.60. The Bertz CT molecular complexity index is 1560. The van der Waals surface area contributed by atoms with Crippen molar-refractivity contribution in [1.29, 1.82) is 0 Å². The van der Waals surface area contributed by atoms with Gasteiger partial charge >= 0.3 is 0 Å². The first-order valence-electron chi connectivity index (χ1n) is 12.3. The third-order valence-electron chi connectivity index (χ3n) is 7.41. The molecule has 2 saturated heterocycles. The second-order valence-electron chi connectivity index (χ2n) is 9.55. The molecular weight excluding hydrogens is 452 g/mol. The van der Waals surface area contributed by atoms with Crippen molar-refractivity contribution in [1.82, 2.24) is 39.5 Å². The predicted octanol–water partition coefficient (Wildman–Crippen LogP) is 3.37. The summed E-state index contributed by atoms with van der Waals surface area (Å²) in [4.78, 5) is 33.9. The number of carbonyl (C=O) groups excluding carboxylic acids is 1. The van der Waals surface area contributed by atoms with Crippen LogP contribution in [-0.4, -0.2) is 77.6 Å². The summed E-state index contributed by atoms with van der Waals surface area (Å²) < 4.78 is 1.98. The zero-order chi connectivity index (χ0) is 24.1. The summed E-state index contributed by atoms with van der Waals surface area (Å²) in [7, 11) is 0. The summed E-state index contributed by atoms with van der Waals surface area (Å²) in [6.45, 7) is 3.35. The zero-order valence-corrected chi connectivity index (χ0v) is 19.7.